The molecule has 1 aromatic carbocycles. The van der Waals surface area contributed by atoms with Gasteiger partial charge in [0.2, 0.25) is 0 Å². The molecule has 4 heteroatoms. The molecule has 0 spiro atoms. The Morgan fingerprint density at radius 3 is 2.36 bits per heavy atom. The minimum atomic E-state index is -1.40. The van der Waals surface area contributed by atoms with E-state index in [9.17, 15) is 14.7 Å². The first kappa shape index (κ1) is 10.4. The van der Waals surface area contributed by atoms with E-state index in [1.54, 1.807) is 30.3 Å². The number of rotatable bonds is 2. The van der Waals surface area contributed by atoms with Crippen LogP contribution in [-0.4, -0.2) is 17.0 Å². The lowest BCUT2D eigenvalue weighted by Gasteiger charge is -2.07. The van der Waals surface area contributed by atoms with Gasteiger partial charge in [-0.3, -0.25) is 4.79 Å². The van der Waals surface area contributed by atoms with Crippen LogP contribution in [0, 0.1) is 0 Å². The van der Waals surface area contributed by atoms with Crippen molar-refractivity contribution in [2.75, 3.05) is 0 Å². The Bertz CT molecular complexity index is 331. The van der Waals surface area contributed by atoms with Gasteiger partial charge in [-0.05, 0) is 5.56 Å². The maximum absolute atomic E-state index is 11.1. The normalized spacial score (nSPS) is 11.9. The van der Waals surface area contributed by atoms with Crippen LogP contribution in [0.5, 0.6) is 0 Å². The van der Waals surface area contributed by atoms with Crippen molar-refractivity contribution in [3.05, 3.63) is 35.9 Å². The first-order chi connectivity index (χ1) is 6.61. The van der Waals surface area contributed by atoms with Gasteiger partial charge in [0, 0.05) is 6.92 Å². The number of carbonyl (C=O) groups is 2. The zero-order valence-corrected chi connectivity index (χ0v) is 7.64. The Kier molecular flexibility index (Phi) is 3.36. The van der Waals surface area contributed by atoms with Crippen molar-refractivity contribution in [1.29, 1.82) is 0 Å². The van der Waals surface area contributed by atoms with E-state index >= 15 is 0 Å². The number of hydrogen-bond donors (Lipinski definition) is 1. The molecule has 0 saturated carbocycles. The summed E-state index contributed by atoms with van der Waals surface area (Å²) in [7, 11) is 0. The van der Waals surface area contributed by atoms with Crippen LogP contribution < -0.4 is 0 Å². The number of aliphatic hydroxyl groups excluding tert-OH is 1. The average Bonchev–Trinajstić information content (AvgIpc) is 2.17. The van der Waals surface area contributed by atoms with Gasteiger partial charge in [-0.25, -0.2) is 4.79 Å². The molecule has 0 saturated heterocycles. The van der Waals surface area contributed by atoms with E-state index < -0.39 is 18.0 Å². The second-order valence-corrected chi connectivity index (χ2v) is 2.73. The topological polar surface area (TPSA) is 63.6 Å². The predicted octanol–water partition coefficient (Wildman–Crippen LogP) is 0.810. The molecule has 1 atom stereocenters. The SMILES string of the molecule is CC(=O)OC(=O)C(O)c1ccccc1. The van der Waals surface area contributed by atoms with Crippen LogP contribution >= 0.6 is 0 Å². The smallest absolute Gasteiger partial charge is 0.347 e. The molecule has 0 bridgehead atoms. The predicted molar refractivity (Wildman–Crippen MR) is 48.2 cm³/mol. The fraction of sp³-hybridized carbons (Fsp3) is 0.200. The Labute approximate surface area is 81.1 Å². The lowest BCUT2D eigenvalue weighted by atomic mass is 10.1. The summed E-state index contributed by atoms with van der Waals surface area (Å²) in [6.45, 7) is 1.11. The Morgan fingerprint density at radius 1 is 1.29 bits per heavy atom. The molecule has 0 amide bonds. The summed E-state index contributed by atoms with van der Waals surface area (Å²) in [5.74, 6) is -1.69. The quantitative estimate of drug-likeness (QED) is 0.559. The lowest BCUT2D eigenvalue weighted by molar-refractivity contribution is -0.164. The maximum atomic E-state index is 11.1. The van der Waals surface area contributed by atoms with Gasteiger partial charge in [-0.15, -0.1) is 0 Å². The Morgan fingerprint density at radius 2 is 1.86 bits per heavy atom. The van der Waals surface area contributed by atoms with Crippen molar-refractivity contribution < 1.29 is 19.4 Å². The van der Waals surface area contributed by atoms with Crippen LogP contribution in [0.4, 0.5) is 0 Å². The van der Waals surface area contributed by atoms with E-state index in [0.29, 0.717) is 5.56 Å². The molecule has 4 nitrogen and oxygen atoms in total. The summed E-state index contributed by atoms with van der Waals surface area (Å²) in [4.78, 5) is 21.5. The molecule has 1 unspecified atom stereocenters. The molecular formula is C10H10O4. The van der Waals surface area contributed by atoms with Crippen molar-refractivity contribution in [3.63, 3.8) is 0 Å². The molecule has 0 aliphatic carbocycles. The second-order valence-electron chi connectivity index (χ2n) is 2.73. The molecule has 0 aromatic heterocycles. The fourth-order valence-corrected chi connectivity index (χ4v) is 0.969. The summed E-state index contributed by atoms with van der Waals surface area (Å²) >= 11 is 0. The zero-order chi connectivity index (χ0) is 10.6. The molecule has 0 aliphatic heterocycles. The van der Waals surface area contributed by atoms with Gasteiger partial charge in [-0.2, -0.15) is 0 Å². The van der Waals surface area contributed by atoms with Crippen molar-refractivity contribution in [2.45, 2.75) is 13.0 Å². The highest BCUT2D eigenvalue weighted by Crippen LogP contribution is 2.13. The molecule has 0 aliphatic rings. The first-order valence-corrected chi connectivity index (χ1v) is 4.06. The first-order valence-electron chi connectivity index (χ1n) is 4.06. The number of hydrogen-bond acceptors (Lipinski definition) is 4. The van der Waals surface area contributed by atoms with Gasteiger partial charge < -0.3 is 9.84 Å². The van der Waals surface area contributed by atoms with E-state index in [-0.39, 0.29) is 0 Å². The summed E-state index contributed by atoms with van der Waals surface area (Å²) in [6.07, 6.45) is -1.40. The highest BCUT2D eigenvalue weighted by atomic mass is 16.6. The molecule has 0 heterocycles. The van der Waals surface area contributed by atoms with Crippen LogP contribution in [0.1, 0.15) is 18.6 Å². The number of aliphatic hydroxyl groups is 1. The molecule has 14 heavy (non-hydrogen) atoms. The summed E-state index contributed by atoms with van der Waals surface area (Å²) in [6, 6.07) is 8.27. The second kappa shape index (κ2) is 4.53. The van der Waals surface area contributed by atoms with Gasteiger partial charge in [0.1, 0.15) is 0 Å². The van der Waals surface area contributed by atoms with Gasteiger partial charge in [0.15, 0.2) is 6.10 Å². The molecule has 1 N–H and O–H groups in total. The van der Waals surface area contributed by atoms with Crippen molar-refractivity contribution in [1.82, 2.24) is 0 Å². The number of ether oxygens (including phenoxy) is 1. The van der Waals surface area contributed by atoms with E-state index in [4.69, 9.17) is 0 Å². The van der Waals surface area contributed by atoms with E-state index in [2.05, 4.69) is 4.74 Å². The average molecular weight is 194 g/mol. The molecule has 0 fully saturated rings. The monoisotopic (exact) mass is 194 g/mol. The Balaban J connectivity index is 2.71. The van der Waals surface area contributed by atoms with Gasteiger partial charge in [-0.1, -0.05) is 30.3 Å². The zero-order valence-electron chi connectivity index (χ0n) is 7.64. The van der Waals surface area contributed by atoms with Crippen LogP contribution in [0.3, 0.4) is 0 Å². The third kappa shape index (κ3) is 2.67. The van der Waals surface area contributed by atoms with Crippen molar-refractivity contribution >= 4 is 11.9 Å². The lowest BCUT2D eigenvalue weighted by Crippen LogP contribution is -2.17. The van der Waals surface area contributed by atoms with E-state index in [1.165, 1.54) is 0 Å². The third-order valence-corrected chi connectivity index (χ3v) is 1.58. The van der Waals surface area contributed by atoms with Crippen molar-refractivity contribution in [3.8, 4) is 0 Å². The molecule has 1 aromatic rings. The summed E-state index contributed by atoms with van der Waals surface area (Å²) in [5.41, 5.74) is 0.402. The van der Waals surface area contributed by atoms with Crippen LogP contribution in [0.15, 0.2) is 30.3 Å². The molecule has 1 rings (SSSR count). The highest BCUT2D eigenvalue weighted by molar-refractivity contribution is 5.87. The van der Waals surface area contributed by atoms with E-state index in [1.807, 2.05) is 0 Å². The van der Waals surface area contributed by atoms with E-state index in [0.717, 1.165) is 6.92 Å². The molecule has 74 valence electrons. The summed E-state index contributed by atoms with van der Waals surface area (Å²) in [5, 5.41) is 9.41. The highest BCUT2D eigenvalue weighted by Gasteiger charge is 2.19. The molecule has 0 radical (unpaired) electrons. The van der Waals surface area contributed by atoms with Gasteiger partial charge in [0.05, 0.1) is 0 Å². The van der Waals surface area contributed by atoms with Crippen LogP contribution in [-0.2, 0) is 14.3 Å². The third-order valence-electron chi connectivity index (χ3n) is 1.58. The minimum absolute atomic E-state index is 0.402. The van der Waals surface area contributed by atoms with Crippen LogP contribution in [0.2, 0.25) is 0 Å². The summed E-state index contributed by atoms with van der Waals surface area (Å²) < 4.78 is 4.24. The van der Waals surface area contributed by atoms with Gasteiger partial charge >= 0.3 is 11.9 Å². The Hall–Kier alpha value is -1.68. The number of esters is 2. The fourth-order valence-electron chi connectivity index (χ4n) is 0.969. The standard InChI is InChI=1S/C10H10O4/c1-7(11)14-10(13)9(12)8-5-3-2-4-6-8/h2-6,9,12H,1H3. The molecular weight excluding hydrogens is 184 g/mol. The number of benzene rings is 1. The van der Waals surface area contributed by atoms with Crippen LogP contribution in [0.25, 0.3) is 0 Å². The minimum Gasteiger partial charge on any atom is -0.391 e. The van der Waals surface area contributed by atoms with Gasteiger partial charge in [0.25, 0.3) is 0 Å². The number of carbonyl (C=O) groups excluding carboxylic acids is 2. The maximum Gasteiger partial charge on any atom is 0.347 e. The van der Waals surface area contributed by atoms with Crippen molar-refractivity contribution in [2.24, 2.45) is 0 Å². The largest absolute Gasteiger partial charge is 0.391 e.